The molecule has 5 aliphatic rings. The standard InChI is InChI=1S/C17H14N2O4/c20-16-14-10-5-6-11(13-7-12(10)13)15(14)17(21)18(16)8-1-3-9(4-2-8)19(22)23/h1-6,10-15H,7H2. The predicted molar refractivity (Wildman–Crippen MR) is 80.3 cm³/mol. The molecule has 1 saturated heterocycles. The fourth-order valence-electron chi connectivity index (χ4n) is 4.93. The zero-order valence-corrected chi connectivity index (χ0v) is 12.2. The summed E-state index contributed by atoms with van der Waals surface area (Å²) in [7, 11) is 0. The van der Waals surface area contributed by atoms with Crippen LogP contribution in [0.15, 0.2) is 36.4 Å². The van der Waals surface area contributed by atoms with E-state index in [0.717, 1.165) is 6.42 Å². The van der Waals surface area contributed by atoms with Crippen LogP contribution in [0.1, 0.15) is 6.42 Å². The zero-order chi connectivity index (χ0) is 15.9. The molecule has 6 nitrogen and oxygen atoms in total. The number of non-ortho nitro benzene ring substituents is 1. The molecule has 0 spiro atoms. The van der Waals surface area contributed by atoms with Crippen LogP contribution in [-0.4, -0.2) is 16.7 Å². The number of carbonyl (C=O) groups excluding carboxylic acids is 2. The van der Waals surface area contributed by atoms with Gasteiger partial charge in [-0.2, -0.15) is 0 Å². The highest BCUT2D eigenvalue weighted by Crippen LogP contribution is 2.65. The van der Waals surface area contributed by atoms with Crippen molar-refractivity contribution in [1.82, 2.24) is 0 Å². The van der Waals surface area contributed by atoms with Gasteiger partial charge in [0, 0.05) is 12.1 Å². The van der Waals surface area contributed by atoms with Crippen LogP contribution in [0.25, 0.3) is 0 Å². The molecule has 0 aromatic heterocycles. The third-order valence-corrected chi connectivity index (χ3v) is 5.98. The molecular formula is C17H14N2O4. The third-order valence-electron chi connectivity index (χ3n) is 5.98. The van der Waals surface area contributed by atoms with Crippen LogP contribution in [-0.2, 0) is 9.59 Å². The summed E-state index contributed by atoms with van der Waals surface area (Å²) in [5.74, 6) is 0.758. The van der Waals surface area contributed by atoms with Crippen molar-refractivity contribution in [3.63, 3.8) is 0 Å². The van der Waals surface area contributed by atoms with E-state index in [2.05, 4.69) is 12.2 Å². The first-order valence-corrected chi connectivity index (χ1v) is 7.88. The van der Waals surface area contributed by atoms with Gasteiger partial charge in [-0.3, -0.25) is 24.6 Å². The van der Waals surface area contributed by atoms with E-state index in [0.29, 0.717) is 17.5 Å². The first-order chi connectivity index (χ1) is 11.1. The van der Waals surface area contributed by atoms with Crippen LogP contribution in [0.3, 0.4) is 0 Å². The van der Waals surface area contributed by atoms with E-state index in [4.69, 9.17) is 0 Å². The number of carbonyl (C=O) groups is 2. The number of benzene rings is 1. The lowest BCUT2D eigenvalue weighted by Gasteiger charge is -2.37. The normalized spacial score (nSPS) is 39.4. The summed E-state index contributed by atoms with van der Waals surface area (Å²) in [5.41, 5.74) is 0.390. The largest absolute Gasteiger partial charge is 0.274 e. The molecule has 6 heteroatoms. The van der Waals surface area contributed by atoms with E-state index >= 15 is 0 Å². The van der Waals surface area contributed by atoms with Crippen molar-refractivity contribution < 1.29 is 14.5 Å². The van der Waals surface area contributed by atoms with Crippen molar-refractivity contribution in [1.29, 1.82) is 0 Å². The molecule has 116 valence electrons. The lowest BCUT2D eigenvalue weighted by Crippen LogP contribution is -2.40. The second kappa shape index (κ2) is 4.07. The predicted octanol–water partition coefficient (Wildman–Crippen LogP) is 2.15. The summed E-state index contributed by atoms with van der Waals surface area (Å²) in [4.78, 5) is 37.2. The third kappa shape index (κ3) is 1.53. The van der Waals surface area contributed by atoms with Gasteiger partial charge in [0.05, 0.1) is 22.4 Å². The van der Waals surface area contributed by atoms with Crippen molar-refractivity contribution in [2.45, 2.75) is 6.42 Å². The monoisotopic (exact) mass is 310 g/mol. The van der Waals surface area contributed by atoms with E-state index in [-0.39, 0.29) is 41.2 Å². The Morgan fingerprint density at radius 2 is 1.48 bits per heavy atom. The fraction of sp³-hybridized carbons (Fsp3) is 0.412. The minimum absolute atomic E-state index is 0.0479. The molecular weight excluding hydrogens is 296 g/mol. The van der Waals surface area contributed by atoms with E-state index in [1.54, 1.807) is 0 Å². The molecule has 1 aliphatic heterocycles. The minimum atomic E-state index is -0.491. The molecule has 3 fully saturated rings. The number of hydrogen-bond acceptors (Lipinski definition) is 4. The number of imide groups is 1. The second-order valence-electron chi connectivity index (χ2n) is 6.94. The Labute approximate surface area is 131 Å². The maximum absolute atomic E-state index is 12.9. The molecule has 2 bridgehead atoms. The zero-order valence-electron chi connectivity index (χ0n) is 12.2. The average Bonchev–Trinajstić information content (AvgIpc) is 3.32. The number of anilines is 1. The molecule has 0 radical (unpaired) electrons. The Morgan fingerprint density at radius 3 is 1.96 bits per heavy atom. The van der Waals surface area contributed by atoms with Gasteiger partial charge in [0.1, 0.15) is 0 Å². The first kappa shape index (κ1) is 13.0. The minimum Gasteiger partial charge on any atom is -0.274 e. The Balaban J connectivity index is 1.53. The highest BCUT2D eigenvalue weighted by atomic mass is 16.6. The number of nitro benzene ring substituents is 1. The molecule has 1 aromatic rings. The molecule has 1 aromatic carbocycles. The van der Waals surface area contributed by atoms with Crippen LogP contribution in [0.4, 0.5) is 11.4 Å². The number of amides is 2. The van der Waals surface area contributed by atoms with E-state index in [1.165, 1.54) is 29.2 Å². The second-order valence-corrected chi connectivity index (χ2v) is 6.94. The van der Waals surface area contributed by atoms with E-state index in [1.807, 2.05) is 0 Å². The fourth-order valence-corrected chi connectivity index (χ4v) is 4.93. The van der Waals surface area contributed by atoms with E-state index < -0.39 is 4.92 Å². The molecule has 0 N–H and O–H groups in total. The van der Waals surface area contributed by atoms with Crippen LogP contribution in [0.5, 0.6) is 0 Å². The van der Waals surface area contributed by atoms with Crippen molar-refractivity contribution >= 4 is 23.2 Å². The quantitative estimate of drug-likeness (QED) is 0.363. The van der Waals surface area contributed by atoms with Gasteiger partial charge in [0.15, 0.2) is 0 Å². The van der Waals surface area contributed by atoms with Gasteiger partial charge in [-0.1, -0.05) is 12.2 Å². The molecule has 2 saturated carbocycles. The van der Waals surface area contributed by atoms with Gasteiger partial charge in [-0.25, -0.2) is 0 Å². The summed E-state index contributed by atoms with van der Waals surface area (Å²) in [5, 5.41) is 10.8. The van der Waals surface area contributed by atoms with Gasteiger partial charge in [-0.05, 0) is 42.2 Å². The van der Waals surface area contributed by atoms with Crippen LogP contribution >= 0.6 is 0 Å². The molecule has 6 atom stereocenters. The van der Waals surface area contributed by atoms with Crippen molar-refractivity contribution in [2.75, 3.05) is 4.90 Å². The Morgan fingerprint density at radius 1 is 0.957 bits per heavy atom. The highest BCUT2D eigenvalue weighted by Gasteiger charge is 2.67. The maximum atomic E-state index is 12.9. The number of nitrogens with zero attached hydrogens (tertiary/aromatic N) is 2. The Kier molecular flexibility index (Phi) is 2.30. The SMILES string of the molecule is O=C1C2C3C=CC(C4CC34)C2C(=O)N1c1ccc([N+](=O)[O-])cc1. The van der Waals surface area contributed by atoms with Gasteiger partial charge < -0.3 is 0 Å². The lowest BCUT2D eigenvalue weighted by molar-refractivity contribution is -0.384. The molecule has 1 heterocycles. The van der Waals surface area contributed by atoms with Gasteiger partial charge in [0.2, 0.25) is 11.8 Å². The molecule has 4 aliphatic carbocycles. The molecule has 23 heavy (non-hydrogen) atoms. The number of rotatable bonds is 2. The van der Waals surface area contributed by atoms with Gasteiger partial charge in [-0.15, -0.1) is 0 Å². The Bertz CT molecular complexity index is 748. The first-order valence-electron chi connectivity index (χ1n) is 7.88. The van der Waals surface area contributed by atoms with Crippen LogP contribution in [0, 0.1) is 45.6 Å². The lowest BCUT2D eigenvalue weighted by atomic mass is 9.63. The van der Waals surface area contributed by atoms with Gasteiger partial charge >= 0.3 is 0 Å². The summed E-state index contributed by atoms with van der Waals surface area (Å²) in [6.07, 6.45) is 5.39. The topological polar surface area (TPSA) is 80.5 Å². The molecule has 2 amide bonds. The molecule has 6 rings (SSSR count). The van der Waals surface area contributed by atoms with Gasteiger partial charge in [0.25, 0.3) is 5.69 Å². The summed E-state index contributed by atoms with van der Waals surface area (Å²) in [6.45, 7) is 0. The summed E-state index contributed by atoms with van der Waals surface area (Å²) in [6, 6.07) is 5.65. The van der Waals surface area contributed by atoms with Crippen molar-refractivity contribution in [3.05, 3.63) is 46.5 Å². The number of allylic oxidation sites excluding steroid dienone is 2. The van der Waals surface area contributed by atoms with Crippen LogP contribution in [0.2, 0.25) is 0 Å². The van der Waals surface area contributed by atoms with Crippen molar-refractivity contribution in [2.24, 2.45) is 35.5 Å². The smallest absolute Gasteiger partial charge is 0.269 e. The highest BCUT2D eigenvalue weighted by molar-refractivity contribution is 6.22. The average molecular weight is 310 g/mol. The Hall–Kier alpha value is -2.50. The van der Waals surface area contributed by atoms with E-state index in [9.17, 15) is 19.7 Å². The summed E-state index contributed by atoms with van der Waals surface area (Å²) >= 11 is 0. The molecule has 6 unspecified atom stereocenters. The van der Waals surface area contributed by atoms with Crippen LogP contribution < -0.4 is 4.90 Å². The number of hydrogen-bond donors (Lipinski definition) is 0. The maximum Gasteiger partial charge on any atom is 0.269 e. The number of nitro groups is 1. The summed E-state index contributed by atoms with van der Waals surface area (Å²) < 4.78 is 0. The van der Waals surface area contributed by atoms with Crippen molar-refractivity contribution in [3.8, 4) is 0 Å².